The number of para-hydroxylation sites is 1. The van der Waals surface area contributed by atoms with Crippen LogP contribution in [-0.4, -0.2) is 20.7 Å². The van der Waals surface area contributed by atoms with Gasteiger partial charge < -0.3 is 5.32 Å². The minimum Gasteiger partial charge on any atom is -0.321 e. The molecule has 0 aliphatic carbocycles. The van der Waals surface area contributed by atoms with E-state index in [1.54, 1.807) is 6.20 Å². The number of nitrogens with zero attached hydrogens (tertiary/aromatic N) is 3. The second kappa shape index (κ2) is 8.41. The van der Waals surface area contributed by atoms with Crippen LogP contribution >= 0.6 is 11.3 Å². The lowest BCUT2D eigenvalue weighted by Crippen LogP contribution is -2.14. The van der Waals surface area contributed by atoms with Crippen molar-refractivity contribution in [2.45, 2.75) is 26.8 Å². The molecule has 29 heavy (non-hydrogen) atoms. The Bertz CT molecular complexity index is 1110. The third-order valence-corrected chi connectivity index (χ3v) is 5.97. The van der Waals surface area contributed by atoms with E-state index in [1.165, 1.54) is 16.9 Å². The van der Waals surface area contributed by atoms with Crippen molar-refractivity contribution in [3.8, 4) is 10.6 Å². The van der Waals surface area contributed by atoms with Gasteiger partial charge in [0, 0.05) is 23.6 Å². The van der Waals surface area contributed by atoms with Crippen LogP contribution in [0.2, 0.25) is 0 Å². The summed E-state index contributed by atoms with van der Waals surface area (Å²) in [6, 6.07) is 18.0. The van der Waals surface area contributed by atoms with Gasteiger partial charge in [0.15, 0.2) is 0 Å². The number of rotatable bonds is 6. The van der Waals surface area contributed by atoms with Crippen LogP contribution in [0.3, 0.4) is 0 Å². The topological polar surface area (TPSA) is 59.8 Å². The molecule has 2 aromatic carbocycles. The summed E-state index contributed by atoms with van der Waals surface area (Å²) in [6.45, 7) is 4.61. The largest absolute Gasteiger partial charge is 0.321 e. The van der Waals surface area contributed by atoms with Gasteiger partial charge in [-0.2, -0.15) is 5.10 Å². The predicted octanol–water partition coefficient (Wildman–Crippen LogP) is 5.18. The second-order valence-corrected chi connectivity index (χ2v) is 7.80. The lowest BCUT2D eigenvalue weighted by atomic mass is 10.1. The molecule has 0 spiro atoms. The van der Waals surface area contributed by atoms with Crippen molar-refractivity contribution in [1.29, 1.82) is 0 Å². The Morgan fingerprint density at radius 1 is 1.10 bits per heavy atom. The molecule has 146 valence electrons. The van der Waals surface area contributed by atoms with Crippen molar-refractivity contribution in [3.05, 3.63) is 88.7 Å². The number of aromatic nitrogens is 3. The zero-order valence-corrected chi connectivity index (χ0v) is 17.2. The third kappa shape index (κ3) is 4.27. The number of anilines is 1. The van der Waals surface area contributed by atoms with Gasteiger partial charge in [-0.1, -0.05) is 49.4 Å². The minimum atomic E-state index is -0.135. The predicted molar refractivity (Wildman–Crippen MR) is 117 cm³/mol. The van der Waals surface area contributed by atoms with Gasteiger partial charge in [0.2, 0.25) is 0 Å². The van der Waals surface area contributed by atoms with Crippen molar-refractivity contribution in [1.82, 2.24) is 14.8 Å². The zero-order valence-electron chi connectivity index (χ0n) is 16.4. The van der Waals surface area contributed by atoms with Crippen LogP contribution in [0.15, 0.2) is 67.0 Å². The first-order valence-electron chi connectivity index (χ1n) is 9.57. The highest BCUT2D eigenvalue weighted by Gasteiger charge is 2.17. The fourth-order valence-electron chi connectivity index (χ4n) is 3.14. The quantitative estimate of drug-likeness (QED) is 0.483. The summed E-state index contributed by atoms with van der Waals surface area (Å²) in [6.07, 6.45) is 4.65. The number of nitrogens with one attached hydrogen (secondary N) is 1. The van der Waals surface area contributed by atoms with Crippen molar-refractivity contribution < 1.29 is 4.79 Å². The zero-order chi connectivity index (χ0) is 20.2. The van der Waals surface area contributed by atoms with Gasteiger partial charge in [0.25, 0.3) is 5.91 Å². The third-order valence-electron chi connectivity index (χ3n) is 4.77. The smallest absolute Gasteiger partial charge is 0.267 e. The molecule has 1 N–H and O–H groups in total. The average molecular weight is 403 g/mol. The van der Waals surface area contributed by atoms with E-state index < -0.39 is 0 Å². The van der Waals surface area contributed by atoms with E-state index in [-0.39, 0.29) is 5.91 Å². The Kier molecular flexibility index (Phi) is 5.53. The number of carbonyl (C=O) groups is 1. The molecule has 0 atom stereocenters. The maximum Gasteiger partial charge on any atom is 0.267 e. The number of benzene rings is 2. The Hall–Kier alpha value is -3.25. The van der Waals surface area contributed by atoms with Crippen LogP contribution < -0.4 is 5.32 Å². The molecule has 1 amide bonds. The van der Waals surface area contributed by atoms with E-state index in [0.717, 1.165) is 33.9 Å². The summed E-state index contributed by atoms with van der Waals surface area (Å²) in [5.74, 6) is -0.135. The first kappa shape index (κ1) is 19.1. The normalized spacial score (nSPS) is 10.8. The maximum atomic E-state index is 13.0. The molecule has 4 rings (SSSR count). The van der Waals surface area contributed by atoms with Crippen LogP contribution in [-0.2, 0) is 13.0 Å². The van der Waals surface area contributed by atoms with E-state index in [4.69, 9.17) is 0 Å². The molecule has 0 bridgehead atoms. The number of amides is 1. The molecular formula is C23H22N4OS. The van der Waals surface area contributed by atoms with Gasteiger partial charge in [-0.3, -0.25) is 9.48 Å². The maximum absolute atomic E-state index is 13.0. The summed E-state index contributed by atoms with van der Waals surface area (Å²) in [5, 5.41) is 8.16. The number of carbonyl (C=O) groups excluding carboxylic acids is 1. The monoisotopic (exact) mass is 402 g/mol. The lowest BCUT2D eigenvalue weighted by molar-refractivity contribution is 0.102. The Morgan fingerprint density at radius 3 is 2.62 bits per heavy atom. The Morgan fingerprint density at radius 2 is 1.90 bits per heavy atom. The minimum absolute atomic E-state index is 0.135. The van der Waals surface area contributed by atoms with E-state index in [9.17, 15) is 4.79 Å². The van der Waals surface area contributed by atoms with Crippen LogP contribution in [0.1, 0.15) is 33.4 Å². The summed E-state index contributed by atoms with van der Waals surface area (Å²) in [4.78, 5) is 18.2. The van der Waals surface area contributed by atoms with Gasteiger partial charge in [0.1, 0.15) is 9.88 Å². The van der Waals surface area contributed by atoms with Crippen molar-refractivity contribution in [3.63, 3.8) is 0 Å². The molecule has 0 aliphatic rings. The molecule has 0 radical (unpaired) electrons. The molecule has 0 saturated heterocycles. The Balaban J connectivity index is 1.56. The highest BCUT2D eigenvalue weighted by atomic mass is 32.1. The SMILES string of the molecule is CCc1ccc(-c2nc(C)c(C(=O)Nc3ccccc3Cn3cccn3)s2)cc1. The lowest BCUT2D eigenvalue weighted by Gasteiger charge is -2.10. The molecule has 5 nitrogen and oxygen atoms in total. The van der Waals surface area contributed by atoms with Gasteiger partial charge >= 0.3 is 0 Å². The molecule has 0 fully saturated rings. The fraction of sp³-hybridized carbons (Fsp3) is 0.174. The van der Waals surface area contributed by atoms with Crippen molar-refractivity contribution >= 4 is 22.9 Å². The second-order valence-electron chi connectivity index (χ2n) is 6.80. The summed E-state index contributed by atoms with van der Waals surface area (Å²) < 4.78 is 1.83. The van der Waals surface area contributed by atoms with Gasteiger partial charge in [0.05, 0.1) is 12.2 Å². The van der Waals surface area contributed by atoms with Crippen molar-refractivity contribution in [2.24, 2.45) is 0 Å². The molecule has 0 aliphatic heterocycles. The molecule has 2 heterocycles. The van der Waals surface area contributed by atoms with Crippen LogP contribution in [0.5, 0.6) is 0 Å². The van der Waals surface area contributed by atoms with E-state index in [2.05, 4.69) is 46.6 Å². The van der Waals surface area contributed by atoms with Gasteiger partial charge in [-0.15, -0.1) is 11.3 Å². The standard InChI is InChI=1S/C23H22N4OS/c1-3-17-9-11-18(12-10-17)23-25-16(2)21(29-23)22(28)26-20-8-5-4-7-19(20)15-27-14-6-13-24-27/h4-14H,3,15H2,1-2H3,(H,26,28). The first-order valence-corrected chi connectivity index (χ1v) is 10.4. The molecule has 6 heteroatoms. The van der Waals surface area contributed by atoms with E-state index in [1.807, 2.05) is 48.1 Å². The first-order chi connectivity index (χ1) is 14.1. The van der Waals surface area contributed by atoms with E-state index >= 15 is 0 Å². The highest BCUT2D eigenvalue weighted by Crippen LogP contribution is 2.29. The van der Waals surface area contributed by atoms with Crippen LogP contribution in [0.25, 0.3) is 10.6 Å². The molecule has 0 unspecified atom stereocenters. The molecule has 2 aromatic heterocycles. The number of aryl methyl sites for hydroxylation is 2. The average Bonchev–Trinajstić information content (AvgIpc) is 3.39. The summed E-state index contributed by atoms with van der Waals surface area (Å²) >= 11 is 1.42. The van der Waals surface area contributed by atoms with Crippen LogP contribution in [0.4, 0.5) is 5.69 Å². The summed E-state index contributed by atoms with van der Waals surface area (Å²) in [7, 11) is 0. The van der Waals surface area contributed by atoms with E-state index in [0.29, 0.717) is 11.4 Å². The van der Waals surface area contributed by atoms with Gasteiger partial charge in [-0.05, 0) is 36.6 Å². The molecule has 4 aromatic rings. The van der Waals surface area contributed by atoms with Crippen molar-refractivity contribution in [2.75, 3.05) is 5.32 Å². The van der Waals surface area contributed by atoms with Gasteiger partial charge in [-0.25, -0.2) is 4.98 Å². The number of hydrogen-bond acceptors (Lipinski definition) is 4. The Labute approximate surface area is 174 Å². The van der Waals surface area contributed by atoms with Crippen LogP contribution in [0, 0.1) is 6.92 Å². The fourth-order valence-corrected chi connectivity index (χ4v) is 4.11. The molecular weight excluding hydrogens is 380 g/mol. The highest BCUT2D eigenvalue weighted by molar-refractivity contribution is 7.17. The number of thiazole rings is 1. The summed E-state index contributed by atoms with van der Waals surface area (Å²) in [5.41, 5.74) is 4.85. The molecule has 0 saturated carbocycles. The number of hydrogen-bond donors (Lipinski definition) is 1.